The number of nitriles is 1. The molecule has 3 heteroatoms. The van der Waals surface area contributed by atoms with E-state index in [9.17, 15) is 5.26 Å². The van der Waals surface area contributed by atoms with Crippen LogP contribution in [0.25, 0.3) is 0 Å². The summed E-state index contributed by atoms with van der Waals surface area (Å²) in [5.41, 5.74) is 3.28. The van der Waals surface area contributed by atoms with Crippen LogP contribution in [0.5, 0.6) is 5.75 Å². The summed E-state index contributed by atoms with van der Waals surface area (Å²) >= 11 is 0. The number of benzene rings is 1. The first-order valence-electron chi connectivity index (χ1n) is 5.22. The van der Waals surface area contributed by atoms with Crippen LogP contribution < -0.4 is 4.74 Å². The number of hydrogen-bond acceptors (Lipinski definition) is 3. The lowest BCUT2D eigenvalue weighted by Crippen LogP contribution is -2.19. The first-order valence-corrected chi connectivity index (χ1v) is 5.22. The Morgan fingerprint density at radius 2 is 1.81 bits per heavy atom. The normalized spacial score (nSPS) is 12.3. The Kier molecular flexibility index (Phi) is 3.92. The van der Waals surface area contributed by atoms with Gasteiger partial charge in [0, 0.05) is 5.56 Å². The fraction of sp³-hybridized carbons (Fsp3) is 0.462. The van der Waals surface area contributed by atoms with E-state index in [0.29, 0.717) is 0 Å². The first-order chi connectivity index (χ1) is 7.51. The minimum atomic E-state index is -0.269. The topological polar surface area (TPSA) is 36.3 Å². The van der Waals surface area contributed by atoms with E-state index < -0.39 is 0 Å². The predicted octanol–water partition coefficient (Wildman–Crippen LogP) is 2.44. The van der Waals surface area contributed by atoms with Crippen LogP contribution in [-0.4, -0.2) is 26.1 Å². The van der Waals surface area contributed by atoms with Gasteiger partial charge in [-0.15, -0.1) is 0 Å². The zero-order valence-corrected chi connectivity index (χ0v) is 10.5. The summed E-state index contributed by atoms with van der Waals surface area (Å²) in [5, 5.41) is 9.18. The Labute approximate surface area is 97.3 Å². The number of hydrogen-bond donors (Lipinski definition) is 0. The molecule has 0 bridgehead atoms. The first kappa shape index (κ1) is 12.5. The lowest BCUT2D eigenvalue weighted by molar-refractivity contribution is 0.339. The molecule has 1 aromatic rings. The van der Waals surface area contributed by atoms with E-state index in [-0.39, 0.29) is 6.04 Å². The van der Waals surface area contributed by atoms with E-state index >= 15 is 0 Å². The SMILES string of the molecule is COc1cc(C)c(C)cc1C(C#N)N(C)C. The van der Waals surface area contributed by atoms with Crippen molar-refractivity contribution in [2.75, 3.05) is 21.2 Å². The van der Waals surface area contributed by atoms with Gasteiger partial charge in [-0.3, -0.25) is 4.90 Å². The van der Waals surface area contributed by atoms with Gasteiger partial charge >= 0.3 is 0 Å². The van der Waals surface area contributed by atoms with Gasteiger partial charge in [0.15, 0.2) is 0 Å². The molecule has 0 aliphatic heterocycles. The predicted molar refractivity (Wildman–Crippen MR) is 64.5 cm³/mol. The van der Waals surface area contributed by atoms with Crippen molar-refractivity contribution in [1.82, 2.24) is 4.90 Å². The molecule has 1 unspecified atom stereocenters. The third-order valence-electron chi connectivity index (χ3n) is 2.78. The average Bonchev–Trinajstić information content (AvgIpc) is 2.23. The van der Waals surface area contributed by atoms with Crippen LogP contribution in [0.15, 0.2) is 12.1 Å². The van der Waals surface area contributed by atoms with Crippen LogP contribution in [-0.2, 0) is 0 Å². The molecule has 0 aliphatic carbocycles. The van der Waals surface area contributed by atoms with Crippen LogP contribution in [0.4, 0.5) is 0 Å². The Balaban J connectivity index is 3.31. The second kappa shape index (κ2) is 5.00. The molecule has 16 heavy (non-hydrogen) atoms. The fourth-order valence-electron chi connectivity index (χ4n) is 1.67. The van der Waals surface area contributed by atoms with Crippen LogP contribution in [0.3, 0.4) is 0 Å². The van der Waals surface area contributed by atoms with Gasteiger partial charge in [-0.05, 0) is 51.2 Å². The van der Waals surface area contributed by atoms with Crippen molar-refractivity contribution in [3.05, 3.63) is 28.8 Å². The van der Waals surface area contributed by atoms with Crippen LogP contribution in [0, 0.1) is 25.2 Å². The summed E-state index contributed by atoms with van der Waals surface area (Å²) in [4.78, 5) is 1.88. The number of rotatable bonds is 3. The molecule has 1 aromatic carbocycles. The summed E-state index contributed by atoms with van der Waals surface area (Å²) in [7, 11) is 5.42. The van der Waals surface area contributed by atoms with Gasteiger partial charge < -0.3 is 4.74 Å². The molecular weight excluding hydrogens is 200 g/mol. The Morgan fingerprint density at radius 3 is 2.25 bits per heavy atom. The van der Waals surface area contributed by atoms with E-state index in [1.165, 1.54) is 11.1 Å². The molecule has 0 radical (unpaired) electrons. The van der Waals surface area contributed by atoms with Crippen molar-refractivity contribution in [2.45, 2.75) is 19.9 Å². The second-order valence-electron chi connectivity index (χ2n) is 4.17. The smallest absolute Gasteiger partial charge is 0.126 e. The van der Waals surface area contributed by atoms with Gasteiger partial charge in [0.25, 0.3) is 0 Å². The summed E-state index contributed by atoms with van der Waals surface area (Å²) in [6, 6.07) is 6.03. The number of methoxy groups -OCH3 is 1. The van der Waals surface area contributed by atoms with Crippen molar-refractivity contribution >= 4 is 0 Å². The minimum Gasteiger partial charge on any atom is -0.496 e. The number of nitrogens with zero attached hydrogens (tertiary/aromatic N) is 2. The van der Waals surface area contributed by atoms with Crippen LogP contribution >= 0.6 is 0 Å². The van der Waals surface area contributed by atoms with Gasteiger partial charge in [-0.25, -0.2) is 0 Å². The fourth-order valence-corrected chi connectivity index (χ4v) is 1.67. The van der Waals surface area contributed by atoms with Crippen LogP contribution in [0.2, 0.25) is 0 Å². The largest absolute Gasteiger partial charge is 0.496 e. The molecule has 3 nitrogen and oxygen atoms in total. The lowest BCUT2D eigenvalue weighted by atomic mass is 10.00. The lowest BCUT2D eigenvalue weighted by Gasteiger charge is -2.21. The van der Waals surface area contributed by atoms with E-state index in [1.54, 1.807) is 7.11 Å². The molecule has 0 fully saturated rings. The van der Waals surface area contributed by atoms with E-state index in [4.69, 9.17) is 4.74 Å². The zero-order valence-electron chi connectivity index (χ0n) is 10.5. The van der Waals surface area contributed by atoms with E-state index in [0.717, 1.165) is 11.3 Å². The highest BCUT2D eigenvalue weighted by molar-refractivity contribution is 5.45. The van der Waals surface area contributed by atoms with E-state index in [2.05, 4.69) is 6.07 Å². The Bertz CT molecular complexity index is 419. The second-order valence-corrected chi connectivity index (χ2v) is 4.17. The highest BCUT2D eigenvalue weighted by atomic mass is 16.5. The van der Waals surface area contributed by atoms with Crippen molar-refractivity contribution in [3.8, 4) is 11.8 Å². The van der Waals surface area contributed by atoms with Crippen LogP contribution in [0.1, 0.15) is 22.7 Å². The van der Waals surface area contributed by atoms with Crippen molar-refractivity contribution in [1.29, 1.82) is 5.26 Å². The molecule has 0 heterocycles. The Morgan fingerprint density at radius 1 is 1.25 bits per heavy atom. The summed E-state index contributed by atoms with van der Waals surface area (Å²) < 4.78 is 5.34. The molecule has 1 atom stereocenters. The molecule has 0 spiro atoms. The average molecular weight is 218 g/mol. The molecule has 0 N–H and O–H groups in total. The maximum absolute atomic E-state index is 9.18. The molecule has 0 aromatic heterocycles. The monoisotopic (exact) mass is 218 g/mol. The summed E-state index contributed by atoms with van der Waals surface area (Å²) in [6.07, 6.45) is 0. The molecule has 86 valence electrons. The zero-order chi connectivity index (χ0) is 12.3. The minimum absolute atomic E-state index is 0.269. The van der Waals surface area contributed by atoms with E-state index in [1.807, 2.05) is 45.0 Å². The molecule has 1 rings (SSSR count). The van der Waals surface area contributed by atoms with Gasteiger partial charge in [0.2, 0.25) is 0 Å². The quantitative estimate of drug-likeness (QED) is 0.781. The Hall–Kier alpha value is -1.53. The molecule has 0 saturated carbocycles. The van der Waals surface area contributed by atoms with Crippen molar-refractivity contribution < 1.29 is 4.74 Å². The van der Waals surface area contributed by atoms with Gasteiger partial charge in [-0.1, -0.05) is 0 Å². The third-order valence-corrected chi connectivity index (χ3v) is 2.78. The third kappa shape index (κ3) is 2.34. The van der Waals surface area contributed by atoms with Gasteiger partial charge in [-0.2, -0.15) is 5.26 Å². The molecule has 0 aliphatic rings. The van der Waals surface area contributed by atoms with Crippen molar-refractivity contribution in [2.24, 2.45) is 0 Å². The molecular formula is C13H18N2O. The highest BCUT2D eigenvalue weighted by Crippen LogP contribution is 2.30. The maximum Gasteiger partial charge on any atom is 0.126 e. The summed E-state index contributed by atoms with van der Waals surface area (Å²) in [6.45, 7) is 4.08. The molecule has 0 amide bonds. The van der Waals surface area contributed by atoms with Crippen molar-refractivity contribution in [3.63, 3.8) is 0 Å². The maximum atomic E-state index is 9.18. The summed E-state index contributed by atoms with van der Waals surface area (Å²) in [5.74, 6) is 0.781. The van der Waals surface area contributed by atoms with Gasteiger partial charge in [0.1, 0.15) is 11.8 Å². The van der Waals surface area contributed by atoms with Gasteiger partial charge in [0.05, 0.1) is 13.2 Å². The highest BCUT2D eigenvalue weighted by Gasteiger charge is 2.18. The number of ether oxygens (including phenoxy) is 1. The molecule has 0 saturated heterocycles. The standard InChI is InChI=1S/C13H18N2O/c1-9-6-11(12(8-14)15(3)4)13(16-5)7-10(9)2/h6-7,12H,1-5H3. The number of aryl methyl sites for hydroxylation is 2.